The molecular formula is C24H22ClFN4O3. The molecule has 1 aromatic heterocycles. The summed E-state index contributed by atoms with van der Waals surface area (Å²) in [6.07, 6.45) is 1.68. The Hall–Kier alpha value is -3.65. The quantitative estimate of drug-likeness (QED) is 0.622. The highest BCUT2D eigenvalue weighted by Crippen LogP contribution is 2.16. The number of amides is 3. The zero-order chi connectivity index (χ0) is 23.4. The number of aromatic nitrogens is 1. The molecule has 9 heteroatoms. The first-order valence-electron chi connectivity index (χ1n) is 10.5. The molecule has 33 heavy (non-hydrogen) atoms. The Morgan fingerprint density at radius 1 is 0.879 bits per heavy atom. The summed E-state index contributed by atoms with van der Waals surface area (Å²) < 4.78 is 14.7. The van der Waals surface area contributed by atoms with Gasteiger partial charge in [-0.15, -0.1) is 0 Å². The number of carbonyl (C=O) groups excluding carboxylic acids is 3. The van der Waals surface area contributed by atoms with E-state index in [1.165, 1.54) is 24.3 Å². The highest BCUT2D eigenvalue weighted by atomic mass is 35.5. The average Bonchev–Trinajstić information content (AvgIpc) is 3.26. The maximum atomic E-state index is 13.1. The van der Waals surface area contributed by atoms with E-state index >= 15 is 0 Å². The number of hydrogen-bond acceptors (Lipinski definition) is 3. The van der Waals surface area contributed by atoms with Crippen molar-refractivity contribution < 1.29 is 18.8 Å². The number of benzene rings is 2. The maximum Gasteiger partial charge on any atom is 0.270 e. The number of hydrogen-bond donors (Lipinski definition) is 1. The van der Waals surface area contributed by atoms with E-state index in [1.54, 1.807) is 57.0 Å². The minimum Gasteiger partial charge on any atom is -0.335 e. The van der Waals surface area contributed by atoms with Gasteiger partial charge in [-0.3, -0.25) is 14.4 Å². The van der Waals surface area contributed by atoms with Crippen LogP contribution in [0.4, 0.5) is 10.1 Å². The second-order valence-corrected chi connectivity index (χ2v) is 8.11. The summed E-state index contributed by atoms with van der Waals surface area (Å²) in [7, 11) is 0. The number of piperazine rings is 1. The molecule has 1 aliphatic heterocycles. The van der Waals surface area contributed by atoms with E-state index < -0.39 is 5.82 Å². The van der Waals surface area contributed by atoms with Gasteiger partial charge in [-0.2, -0.15) is 0 Å². The van der Waals surface area contributed by atoms with Crippen LogP contribution in [-0.2, 0) is 11.3 Å². The molecule has 7 nitrogen and oxygen atoms in total. The first kappa shape index (κ1) is 22.5. The highest BCUT2D eigenvalue weighted by Gasteiger charge is 2.27. The fraction of sp³-hybridized carbons (Fsp3) is 0.208. The summed E-state index contributed by atoms with van der Waals surface area (Å²) in [5.74, 6) is -1.07. The lowest BCUT2D eigenvalue weighted by atomic mass is 10.1. The van der Waals surface area contributed by atoms with Crippen LogP contribution in [0.25, 0.3) is 0 Å². The Morgan fingerprint density at radius 3 is 2.21 bits per heavy atom. The normalized spacial score (nSPS) is 13.6. The molecule has 2 heterocycles. The Labute approximate surface area is 195 Å². The first-order chi connectivity index (χ1) is 15.9. The second-order valence-electron chi connectivity index (χ2n) is 7.67. The zero-order valence-corrected chi connectivity index (χ0v) is 18.5. The molecular weight excluding hydrogens is 447 g/mol. The van der Waals surface area contributed by atoms with Crippen LogP contribution in [0.2, 0.25) is 5.02 Å². The van der Waals surface area contributed by atoms with Gasteiger partial charge in [0.05, 0.1) is 0 Å². The highest BCUT2D eigenvalue weighted by molar-refractivity contribution is 6.30. The second kappa shape index (κ2) is 9.87. The standard InChI is InChI=1S/C24H22ClFN4O3/c25-18-3-1-4-20(15-18)27-22(31)16-30-10-2-5-21(30)24(33)29-13-11-28(12-14-29)23(32)17-6-8-19(26)9-7-17/h1-10,15H,11-14,16H2,(H,27,31). The molecule has 0 spiro atoms. The molecule has 0 radical (unpaired) electrons. The molecule has 170 valence electrons. The SMILES string of the molecule is O=C(Cn1cccc1C(=O)N1CCN(C(=O)c2ccc(F)cc2)CC1)Nc1cccc(Cl)c1. The van der Waals surface area contributed by atoms with Crippen LogP contribution in [0.15, 0.2) is 66.9 Å². The molecule has 3 aromatic rings. The van der Waals surface area contributed by atoms with E-state index in [0.29, 0.717) is 48.1 Å². The third-order valence-corrected chi connectivity index (χ3v) is 5.65. The van der Waals surface area contributed by atoms with Gasteiger partial charge in [0, 0.05) is 48.6 Å². The zero-order valence-electron chi connectivity index (χ0n) is 17.7. The predicted octanol–water partition coefficient (Wildman–Crippen LogP) is 3.52. The Balaban J connectivity index is 1.35. The van der Waals surface area contributed by atoms with Gasteiger partial charge in [-0.25, -0.2) is 4.39 Å². The van der Waals surface area contributed by atoms with Crippen molar-refractivity contribution in [3.63, 3.8) is 0 Å². The van der Waals surface area contributed by atoms with E-state index in [2.05, 4.69) is 5.32 Å². The van der Waals surface area contributed by atoms with Crippen molar-refractivity contribution in [1.29, 1.82) is 0 Å². The van der Waals surface area contributed by atoms with Crippen LogP contribution in [0, 0.1) is 5.82 Å². The van der Waals surface area contributed by atoms with Crippen LogP contribution >= 0.6 is 11.6 Å². The number of rotatable bonds is 5. The maximum absolute atomic E-state index is 13.1. The van der Waals surface area contributed by atoms with Crippen LogP contribution in [-0.4, -0.2) is 58.3 Å². The number of nitrogens with zero attached hydrogens (tertiary/aromatic N) is 3. The van der Waals surface area contributed by atoms with Crippen LogP contribution in [0.5, 0.6) is 0 Å². The van der Waals surface area contributed by atoms with Gasteiger partial charge in [-0.05, 0) is 54.6 Å². The number of carbonyl (C=O) groups is 3. The summed E-state index contributed by atoms with van der Waals surface area (Å²) >= 11 is 5.95. The predicted molar refractivity (Wildman–Crippen MR) is 123 cm³/mol. The average molecular weight is 469 g/mol. The summed E-state index contributed by atoms with van der Waals surface area (Å²) in [5, 5.41) is 3.28. The largest absolute Gasteiger partial charge is 0.335 e. The smallest absolute Gasteiger partial charge is 0.270 e. The van der Waals surface area contributed by atoms with Crippen molar-refractivity contribution in [1.82, 2.24) is 14.4 Å². The van der Waals surface area contributed by atoms with Gasteiger partial charge in [0.15, 0.2) is 0 Å². The Kier molecular flexibility index (Phi) is 6.74. The summed E-state index contributed by atoms with van der Waals surface area (Å²) in [4.78, 5) is 41.4. The van der Waals surface area contributed by atoms with Crippen molar-refractivity contribution in [3.05, 3.63) is 89.0 Å². The van der Waals surface area contributed by atoms with Crippen molar-refractivity contribution in [2.24, 2.45) is 0 Å². The number of nitrogens with one attached hydrogen (secondary N) is 1. The molecule has 0 bridgehead atoms. The molecule has 0 aliphatic carbocycles. The molecule has 1 fully saturated rings. The Morgan fingerprint density at radius 2 is 1.55 bits per heavy atom. The lowest BCUT2D eigenvalue weighted by Gasteiger charge is -2.35. The molecule has 0 saturated carbocycles. The monoisotopic (exact) mass is 468 g/mol. The van der Waals surface area contributed by atoms with Gasteiger partial charge >= 0.3 is 0 Å². The molecule has 0 atom stereocenters. The van der Waals surface area contributed by atoms with Crippen molar-refractivity contribution in [3.8, 4) is 0 Å². The van der Waals surface area contributed by atoms with Crippen LogP contribution in [0.3, 0.4) is 0 Å². The molecule has 2 aromatic carbocycles. The van der Waals surface area contributed by atoms with Gasteiger partial charge in [-0.1, -0.05) is 17.7 Å². The summed E-state index contributed by atoms with van der Waals surface area (Å²) in [5.41, 5.74) is 1.39. The molecule has 1 saturated heterocycles. The van der Waals surface area contributed by atoms with Gasteiger partial charge in [0.2, 0.25) is 5.91 Å². The fourth-order valence-corrected chi connectivity index (χ4v) is 3.91. The van der Waals surface area contributed by atoms with Gasteiger partial charge in [0.25, 0.3) is 11.8 Å². The molecule has 3 amide bonds. The van der Waals surface area contributed by atoms with Crippen LogP contribution in [0.1, 0.15) is 20.8 Å². The summed E-state index contributed by atoms with van der Waals surface area (Å²) in [6.45, 7) is 1.46. The van der Waals surface area contributed by atoms with E-state index in [9.17, 15) is 18.8 Å². The fourth-order valence-electron chi connectivity index (χ4n) is 3.72. The van der Waals surface area contributed by atoms with Gasteiger partial charge in [0.1, 0.15) is 18.1 Å². The van der Waals surface area contributed by atoms with E-state index in [0.717, 1.165) is 0 Å². The minimum atomic E-state index is -0.397. The molecule has 1 N–H and O–H groups in total. The lowest BCUT2D eigenvalue weighted by molar-refractivity contribution is -0.116. The van der Waals surface area contributed by atoms with E-state index in [-0.39, 0.29) is 24.3 Å². The number of anilines is 1. The first-order valence-corrected chi connectivity index (χ1v) is 10.8. The third kappa shape index (κ3) is 5.40. The topological polar surface area (TPSA) is 74.7 Å². The van der Waals surface area contributed by atoms with E-state index in [4.69, 9.17) is 11.6 Å². The molecule has 4 rings (SSSR count). The van der Waals surface area contributed by atoms with Crippen LogP contribution < -0.4 is 5.32 Å². The number of halogens is 2. The van der Waals surface area contributed by atoms with E-state index in [1.807, 2.05) is 0 Å². The molecule has 0 unspecified atom stereocenters. The Bertz CT molecular complexity index is 1170. The van der Waals surface area contributed by atoms with Crippen molar-refractivity contribution >= 4 is 35.0 Å². The third-order valence-electron chi connectivity index (χ3n) is 5.42. The minimum absolute atomic E-state index is 0.0242. The summed E-state index contributed by atoms with van der Waals surface area (Å²) in [6, 6.07) is 15.6. The molecule has 1 aliphatic rings. The van der Waals surface area contributed by atoms with Crippen molar-refractivity contribution in [2.75, 3.05) is 31.5 Å². The lowest BCUT2D eigenvalue weighted by Crippen LogP contribution is -2.51. The van der Waals surface area contributed by atoms with Gasteiger partial charge < -0.3 is 19.7 Å². The van der Waals surface area contributed by atoms with Crippen molar-refractivity contribution in [2.45, 2.75) is 6.54 Å².